The summed E-state index contributed by atoms with van der Waals surface area (Å²) in [5.41, 5.74) is 3.57. The fourth-order valence-electron chi connectivity index (χ4n) is 0.490. The van der Waals surface area contributed by atoms with Crippen LogP contribution in [0.4, 0.5) is 0 Å². The molecule has 0 saturated heterocycles. The minimum atomic E-state index is 1.12. The molecule has 0 atom stereocenters. The summed E-state index contributed by atoms with van der Waals surface area (Å²) in [6, 6.07) is 0. The van der Waals surface area contributed by atoms with Crippen molar-refractivity contribution in [3.05, 3.63) is 36.0 Å². The molecule has 0 bridgehead atoms. The molecule has 0 saturated carbocycles. The Morgan fingerprint density at radius 2 is 1.67 bits per heavy atom. The first-order valence-corrected chi connectivity index (χ1v) is 3.05. The monoisotopic (exact) mass is 122 g/mol. The van der Waals surface area contributed by atoms with Crippen LogP contribution in [0.5, 0.6) is 0 Å². The van der Waals surface area contributed by atoms with Crippen LogP contribution in [-0.2, 0) is 0 Å². The topological polar surface area (TPSA) is 0 Å². The molecule has 0 amide bonds. The van der Waals surface area contributed by atoms with Gasteiger partial charge in [0.1, 0.15) is 0 Å². The molecule has 0 aromatic heterocycles. The second kappa shape index (κ2) is 3.29. The van der Waals surface area contributed by atoms with Crippen molar-refractivity contribution in [2.24, 2.45) is 0 Å². The molecule has 0 N–H and O–H groups in total. The highest BCUT2D eigenvalue weighted by Crippen LogP contribution is 2.11. The molecule has 0 heterocycles. The highest BCUT2D eigenvalue weighted by molar-refractivity contribution is 5.33. The summed E-state index contributed by atoms with van der Waals surface area (Å²) >= 11 is 0. The molecule has 0 nitrogen and oxygen atoms in total. The lowest BCUT2D eigenvalue weighted by Gasteiger charge is -2.00. The van der Waals surface area contributed by atoms with Crippen molar-refractivity contribution in [2.45, 2.75) is 20.8 Å². The van der Waals surface area contributed by atoms with Crippen molar-refractivity contribution in [2.75, 3.05) is 0 Å². The average molecular weight is 122 g/mol. The number of allylic oxidation sites excluding steroid dienone is 4. The maximum absolute atomic E-state index is 3.82. The van der Waals surface area contributed by atoms with Crippen molar-refractivity contribution in [1.82, 2.24) is 0 Å². The van der Waals surface area contributed by atoms with Crippen LogP contribution in [0.1, 0.15) is 20.8 Å². The van der Waals surface area contributed by atoms with Gasteiger partial charge in [-0.25, -0.2) is 0 Å². The molecule has 0 aliphatic carbocycles. The predicted octanol–water partition coefficient (Wildman–Crippen LogP) is 3.08. The summed E-state index contributed by atoms with van der Waals surface area (Å²) in [6.07, 6.45) is 1.85. The van der Waals surface area contributed by atoms with Gasteiger partial charge in [0.2, 0.25) is 0 Å². The van der Waals surface area contributed by atoms with Crippen LogP contribution in [0, 0.1) is 0 Å². The van der Waals surface area contributed by atoms with Crippen LogP contribution < -0.4 is 0 Å². The summed E-state index contributed by atoms with van der Waals surface area (Å²) in [5, 5.41) is 0. The molecule has 9 heavy (non-hydrogen) atoms. The van der Waals surface area contributed by atoms with Gasteiger partial charge in [0.15, 0.2) is 0 Å². The molecule has 0 aromatic carbocycles. The molecule has 0 aliphatic heterocycles. The number of hydrogen-bond donors (Lipinski definition) is 0. The zero-order valence-corrected chi connectivity index (χ0v) is 6.49. The van der Waals surface area contributed by atoms with Gasteiger partial charge < -0.3 is 0 Å². The van der Waals surface area contributed by atoms with Crippen LogP contribution in [-0.4, -0.2) is 0 Å². The molecule has 50 valence electrons. The van der Waals surface area contributed by atoms with Crippen molar-refractivity contribution < 1.29 is 0 Å². The molecule has 0 aliphatic rings. The largest absolute Gasteiger partial charge is 0.0988 e. The Hall–Kier alpha value is -0.780. The fourth-order valence-corrected chi connectivity index (χ4v) is 0.490. The highest BCUT2D eigenvalue weighted by atomic mass is 14.0. The quantitative estimate of drug-likeness (QED) is 0.494. The third-order valence-electron chi connectivity index (χ3n) is 1.54. The van der Waals surface area contributed by atoms with E-state index in [0.29, 0.717) is 0 Å². The lowest BCUT2D eigenvalue weighted by Crippen LogP contribution is -1.80. The Morgan fingerprint density at radius 1 is 1.22 bits per heavy atom. The summed E-state index contributed by atoms with van der Waals surface area (Å²) < 4.78 is 0. The van der Waals surface area contributed by atoms with E-state index in [4.69, 9.17) is 0 Å². The van der Waals surface area contributed by atoms with Gasteiger partial charge in [0.05, 0.1) is 0 Å². The Kier molecular flexibility index (Phi) is 3.00. The second-order valence-electron chi connectivity index (χ2n) is 2.29. The molecule has 0 heteroatoms. The lowest BCUT2D eigenvalue weighted by atomic mass is 10.1. The van der Waals surface area contributed by atoms with Crippen molar-refractivity contribution in [3.8, 4) is 0 Å². The van der Waals surface area contributed by atoms with E-state index < -0.39 is 0 Å². The van der Waals surface area contributed by atoms with Crippen LogP contribution in [0.25, 0.3) is 0 Å². The summed E-state index contributed by atoms with van der Waals surface area (Å²) in [4.78, 5) is 0. The van der Waals surface area contributed by atoms with Crippen molar-refractivity contribution in [1.29, 1.82) is 0 Å². The van der Waals surface area contributed by atoms with E-state index in [1.165, 1.54) is 11.1 Å². The molecule has 0 radical (unpaired) electrons. The van der Waals surface area contributed by atoms with E-state index in [0.717, 1.165) is 5.57 Å². The summed E-state index contributed by atoms with van der Waals surface area (Å²) in [7, 11) is 0. The smallest absolute Gasteiger partial charge is 0.0393 e. The highest BCUT2D eigenvalue weighted by Gasteiger charge is 1.90. The molecule has 0 rings (SSSR count). The van der Waals surface area contributed by atoms with E-state index in [9.17, 15) is 0 Å². The first-order valence-electron chi connectivity index (χ1n) is 3.05. The van der Waals surface area contributed by atoms with Gasteiger partial charge >= 0.3 is 0 Å². The maximum atomic E-state index is 3.82. The zero-order chi connectivity index (χ0) is 7.44. The Labute approximate surface area is 57.6 Å². The predicted molar refractivity (Wildman–Crippen MR) is 43.4 cm³/mol. The Balaban J connectivity index is 4.47. The zero-order valence-electron chi connectivity index (χ0n) is 6.49. The van der Waals surface area contributed by atoms with Crippen LogP contribution in [0.15, 0.2) is 36.0 Å². The van der Waals surface area contributed by atoms with Gasteiger partial charge in [-0.15, -0.1) is 0 Å². The summed E-state index contributed by atoms with van der Waals surface area (Å²) in [5.74, 6) is 0. The molecule has 0 unspecified atom stereocenters. The third-order valence-corrected chi connectivity index (χ3v) is 1.54. The van der Waals surface area contributed by atoms with Crippen molar-refractivity contribution in [3.63, 3.8) is 0 Å². The summed E-state index contributed by atoms with van der Waals surface area (Å²) in [6.45, 7) is 13.6. The van der Waals surface area contributed by atoms with Gasteiger partial charge in [0.25, 0.3) is 0 Å². The molecule has 0 fully saturated rings. The molecular formula is C9H14. The van der Waals surface area contributed by atoms with E-state index in [1.54, 1.807) is 0 Å². The maximum Gasteiger partial charge on any atom is -0.0393 e. The standard InChI is InChI=1S/C9H14/c1-6-8(4)9(5)7(2)3/h6H,1-2H2,3-5H3. The Bertz CT molecular complexity index is 159. The van der Waals surface area contributed by atoms with E-state index in [1.807, 2.05) is 19.9 Å². The van der Waals surface area contributed by atoms with Gasteiger partial charge in [0, 0.05) is 0 Å². The molecular weight excluding hydrogens is 108 g/mol. The van der Waals surface area contributed by atoms with Crippen LogP contribution in [0.2, 0.25) is 0 Å². The first kappa shape index (κ1) is 8.22. The number of rotatable bonds is 2. The second-order valence-corrected chi connectivity index (χ2v) is 2.29. The fraction of sp³-hybridized carbons (Fsp3) is 0.333. The minimum Gasteiger partial charge on any atom is -0.0988 e. The van der Waals surface area contributed by atoms with E-state index >= 15 is 0 Å². The van der Waals surface area contributed by atoms with Gasteiger partial charge in [-0.05, 0) is 31.9 Å². The van der Waals surface area contributed by atoms with Crippen molar-refractivity contribution >= 4 is 0 Å². The van der Waals surface area contributed by atoms with E-state index in [-0.39, 0.29) is 0 Å². The third kappa shape index (κ3) is 2.31. The molecule has 0 aromatic rings. The number of hydrogen-bond acceptors (Lipinski definition) is 0. The van der Waals surface area contributed by atoms with Crippen LogP contribution in [0.3, 0.4) is 0 Å². The Morgan fingerprint density at radius 3 is 1.78 bits per heavy atom. The SMILES string of the molecule is C=CC(C)=C(C)C(=C)C. The first-order chi connectivity index (χ1) is 4.09. The average Bonchev–Trinajstić information content (AvgIpc) is 1.84. The normalized spacial score (nSPS) is 12.3. The van der Waals surface area contributed by atoms with Gasteiger partial charge in [-0.1, -0.05) is 24.8 Å². The van der Waals surface area contributed by atoms with Gasteiger partial charge in [-0.3, -0.25) is 0 Å². The molecule has 0 spiro atoms. The lowest BCUT2D eigenvalue weighted by molar-refractivity contribution is 1.29. The van der Waals surface area contributed by atoms with Gasteiger partial charge in [-0.2, -0.15) is 0 Å². The van der Waals surface area contributed by atoms with Crippen LogP contribution >= 0.6 is 0 Å². The minimum absolute atomic E-state index is 1.12. The van der Waals surface area contributed by atoms with E-state index in [2.05, 4.69) is 20.1 Å².